The van der Waals surface area contributed by atoms with E-state index in [0.717, 1.165) is 12.0 Å². The number of carbonyl (C=O) groups excluding carboxylic acids is 2. The number of urea groups is 1. The van der Waals surface area contributed by atoms with Crippen LogP contribution in [-0.2, 0) is 11.2 Å². The topological polar surface area (TPSA) is 61.9 Å². The average molecular weight is 326 g/mol. The lowest BCUT2D eigenvalue weighted by Crippen LogP contribution is -2.53. The fourth-order valence-corrected chi connectivity index (χ4v) is 2.55. The number of rotatable bonds is 3. The molecule has 0 spiro atoms. The number of ether oxygens (including phenoxy) is 1. The van der Waals surface area contributed by atoms with Crippen LogP contribution in [0.25, 0.3) is 0 Å². The third-order valence-electron chi connectivity index (χ3n) is 3.58. The predicted molar refractivity (Wildman–Crippen MR) is 84.1 cm³/mol. The van der Waals surface area contributed by atoms with Gasteiger partial charge >= 0.3 is 12.1 Å². The summed E-state index contributed by atoms with van der Waals surface area (Å²) in [5, 5.41) is 3.58. The Morgan fingerprint density at radius 1 is 1.23 bits per heavy atom. The standard InChI is InChI=1S/C15H20ClN3O3/c1-22-15(21)19-9-7-18(8-10-19)14(20)17-6-5-12-3-2-4-13(16)11-12/h2-4,11H,5-10H2,1H3,(H,17,20). The molecular formula is C15H20ClN3O3. The van der Waals surface area contributed by atoms with E-state index in [0.29, 0.717) is 37.7 Å². The minimum absolute atomic E-state index is 0.105. The van der Waals surface area contributed by atoms with Gasteiger partial charge < -0.3 is 19.9 Å². The zero-order valence-electron chi connectivity index (χ0n) is 12.5. The zero-order valence-corrected chi connectivity index (χ0v) is 13.3. The number of hydrogen-bond donors (Lipinski definition) is 1. The Balaban J connectivity index is 1.71. The van der Waals surface area contributed by atoms with E-state index in [1.165, 1.54) is 7.11 Å². The molecule has 1 heterocycles. The summed E-state index contributed by atoms with van der Waals surface area (Å²) in [4.78, 5) is 26.7. The number of methoxy groups -OCH3 is 1. The molecule has 0 aromatic heterocycles. The SMILES string of the molecule is COC(=O)N1CCN(C(=O)NCCc2cccc(Cl)c2)CC1. The maximum Gasteiger partial charge on any atom is 0.409 e. The Labute approximate surface area is 135 Å². The first kappa shape index (κ1) is 16.4. The van der Waals surface area contributed by atoms with E-state index in [2.05, 4.69) is 10.1 Å². The van der Waals surface area contributed by atoms with Crippen LogP contribution in [0.5, 0.6) is 0 Å². The lowest BCUT2D eigenvalue weighted by Gasteiger charge is -2.33. The molecule has 0 saturated carbocycles. The summed E-state index contributed by atoms with van der Waals surface area (Å²) in [6.07, 6.45) is 0.384. The Hall–Kier alpha value is -1.95. The lowest BCUT2D eigenvalue weighted by molar-refractivity contribution is 0.0971. The molecular weight excluding hydrogens is 306 g/mol. The highest BCUT2D eigenvalue weighted by Crippen LogP contribution is 2.10. The molecule has 1 saturated heterocycles. The molecule has 6 nitrogen and oxygen atoms in total. The number of carbonyl (C=O) groups is 2. The number of amides is 3. The fourth-order valence-electron chi connectivity index (χ4n) is 2.34. The summed E-state index contributed by atoms with van der Waals surface area (Å²) in [6, 6.07) is 7.48. The van der Waals surface area contributed by atoms with Crippen LogP contribution in [0, 0.1) is 0 Å². The molecule has 1 N–H and O–H groups in total. The number of nitrogens with zero attached hydrogens (tertiary/aromatic N) is 2. The molecule has 0 atom stereocenters. The number of benzene rings is 1. The molecule has 1 aromatic carbocycles. The van der Waals surface area contributed by atoms with E-state index in [4.69, 9.17) is 11.6 Å². The van der Waals surface area contributed by atoms with Crippen LogP contribution in [0.3, 0.4) is 0 Å². The smallest absolute Gasteiger partial charge is 0.409 e. The van der Waals surface area contributed by atoms with Crippen molar-refractivity contribution in [1.82, 2.24) is 15.1 Å². The van der Waals surface area contributed by atoms with Crippen LogP contribution in [0.4, 0.5) is 9.59 Å². The average Bonchev–Trinajstić information content (AvgIpc) is 2.54. The van der Waals surface area contributed by atoms with Crippen molar-refractivity contribution in [2.45, 2.75) is 6.42 Å². The van der Waals surface area contributed by atoms with Gasteiger partial charge in [-0.25, -0.2) is 9.59 Å². The number of piperazine rings is 1. The van der Waals surface area contributed by atoms with E-state index in [9.17, 15) is 9.59 Å². The molecule has 0 bridgehead atoms. The van der Waals surface area contributed by atoms with E-state index >= 15 is 0 Å². The Morgan fingerprint density at radius 2 is 1.91 bits per heavy atom. The largest absolute Gasteiger partial charge is 0.453 e. The summed E-state index contributed by atoms with van der Waals surface area (Å²) in [5.41, 5.74) is 1.09. The first-order valence-electron chi connectivity index (χ1n) is 7.20. The molecule has 1 fully saturated rings. The molecule has 0 radical (unpaired) electrons. The quantitative estimate of drug-likeness (QED) is 0.924. The van der Waals surface area contributed by atoms with Crippen molar-refractivity contribution < 1.29 is 14.3 Å². The van der Waals surface area contributed by atoms with Gasteiger partial charge in [-0.15, -0.1) is 0 Å². The molecule has 0 aliphatic carbocycles. The first-order valence-corrected chi connectivity index (χ1v) is 7.58. The summed E-state index contributed by atoms with van der Waals surface area (Å²) < 4.78 is 4.67. The third kappa shape index (κ3) is 4.53. The Kier molecular flexibility index (Phi) is 5.89. The Bertz CT molecular complexity index is 531. The van der Waals surface area contributed by atoms with Crippen molar-refractivity contribution in [3.05, 3.63) is 34.9 Å². The van der Waals surface area contributed by atoms with E-state index < -0.39 is 0 Å². The number of hydrogen-bond acceptors (Lipinski definition) is 3. The summed E-state index contributed by atoms with van der Waals surface area (Å²) in [5.74, 6) is 0. The van der Waals surface area contributed by atoms with Crippen molar-refractivity contribution >= 4 is 23.7 Å². The van der Waals surface area contributed by atoms with E-state index in [-0.39, 0.29) is 12.1 Å². The summed E-state index contributed by atoms with van der Waals surface area (Å²) in [6.45, 7) is 2.56. The van der Waals surface area contributed by atoms with Crippen LogP contribution >= 0.6 is 11.6 Å². The first-order chi connectivity index (χ1) is 10.6. The van der Waals surface area contributed by atoms with Gasteiger partial charge in [0, 0.05) is 37.7 Å². The lowest BCUT2D eigenvalue weighted by atomic mass is 10.1. The molecule has 1 aromatic rings. The fraction of sp³-hybridized carbons (Fsp3) is 0.467. The molecule has 120 valence electrons. The van der Waals surface area contributed by atoms with Gasteiger partial charge in [-0.05, 0) is 24.1 Å². The molecule has 1 aliphatic rings. The van der Waals surface area contributed by atoms with Gasteiger partial charge in [-0.3, -0.25) is 0 Å². The molecule has 0 unspecified atom stereocenters. The highest BCUT2D eigenvalue weighted by Gasteiger charge is 2.24. The van der Waals surface area contributed by atoms with Crippen molar-refractivity contribution in [2.75, 3.05) is 39.8 Å². The van der Waals surface area contributed by atoms with Gasteiger partial charge in [-0.1, -0.05) is 23.7 Å². The van der Waals surface area contributed by atoms with Crippen molar-refractivity contribution in [1.29, 1.82) is 0 Å². The monoisotopic (exact) mass is 325 g/mol. The van der Waals surface area contributed by atoms with Crippen molar-refractivity contribution in [3.8, 4) is 0 Å². The predicted octanol–water partition coefficient (Wildman–Crippen LogP) is 1.98. The highest BCUT2D eigenvalue weighted by molar-refractivity contribution is 6.30. The van der Waals surface area contributed by atoms with Crippen LogP contribution in [0.1, 0.15) is 5.56 Å². The molecule has 7 heteroatoms. The minimum Gasteiger partial charge on any atom is -0.453 e. The van der Waals surface area contributed by atoms with E-state index in [1.807, 2.05) is 24.3 Å². The summed E-state index contributed by atoms with van der Waals surface area (Å²) in [7, 11) is 1.36. The van der Waals surface area contributed by atoms with Gasteiger partial charge in [0.2, 0.25) is 0 Å². The summed E-state index contributed by atoms with van der Waals surface area (Å²) >= 11 is 5.92. The third-order valence-corrected chi connectivity index (χ3v) is 3.81. The molecule has 3 amide bonds. The van der Waals surface area contributed by atoms with Gasteiger partial charge in [0.1, 0.15) is 0 Å². The second-order valence-corrected chi connectivity index (χ2v) is 5.49. The second kappa shape index (κ2) is 7.89. The van der Waals surface area contributed by atoms with Crippen molar-refractivity contribution in [2.24, 2.45) is 0 Å². The van der Waals surface area contributed by atoms with Gasteiger partial charge in [0.15, 0.2) is 0 Å². The van der Waals surface area contributed by atoms with Gasteiger partial charge in [0.25, 0.3) is 0 Å². The normalized spacial score (nSPS) is 14.6. The van der Waals surface area contributed by atoms with Crippen LogP contribution in [0.2, 0.25) is 5.02 Å². The van der Waals surface area contributed by atoms with E-state index in [1.54, 1.807) is 9.80 Å². The molecule has 2 rings (SSSR count). The maximum absolute atomic E-state index is 12.1. The number of nitrogens with one attached hydrogen (secondary N) is 1. The van der Waals surface area contributed by atoms with Crippen LogP contribution in [0.15, 0.2) is 24.3 Å². The molecule has 1 aliphatic heterocycles. The van der Waals surface area contributed by atoms with Crippen LogP contribution in [-0.4, -0.2) is 61.8 Å². The van der Waals surface area contributed by atoms with Crippen LogP contribution < -0.4 is 5.32 Å². The Morgan fingerprint density at radius 3 is 2.55 bits per heavy atom. The molecule has 22 heavy (non-hydrogen) atoms. The minimum atomic E-state index is -0.346. The maximum atomic E-state index is 12.1. The zero-order chi connectivity index (χ0) is 15.9. The number of halogens is 1. The van der Waals surface area contributed by atoms with Gasteiger partial charge in [0.05, 0.1) is 7.11 Å². The second-order valence-electron chi connectivity index (χ2n) is 5.06. The van der Waals surface area contributed by atoms with Crippen molar-refractivity contribution in [3.63, 3.8) is 0 Å². The van der Waals surface area contributed by atoms with Gasteiger partial charge in [-0.2, -0.15) is 0 Å². The highest BCUT2D eigenvalue weighted by atomic mass is 35.5.